The van der Waals surface area contributed by atoms with Gasteiger partial charge in [0.25, 0.3) is 5.91 Å². The SMILES string of the molecule is CC(C)(C)C(=O)/N=C1\c2cccnc2CC12CCN(c1nc(C#N)c3c(Br)n[nH]c3n1)CC2. The predicted octanol–water partition coefficient (Wildman–Crippen LogP) is 3.59. The van der Waals surface area contributed by atoms with Crippen molar-refractivity contribution >= 4 is 44.5 Å². The standard InChI is InChI=1S/C23H23BrN8O/c1-22(2,3)20(33)28-17-13-5-4-8-26-14(13)11-23(17)6-9-32(10-7-23)21-27-15(12-25)16-18(24)30-31-19(16)29-21/h4-5,8H,6-7,9-11H2,1-3H3,(H,27,29,30,31)/b28-17+. The van der Waals surface area contributed by atoms with Crippen molar-refractivity contribution in [1.82, 2.24) is 25.1 Å². The van der Waals surface area contributed by atoms with Crippen LogP contribution in [-0.4, -0.2) is 49.9 Å². The van der Waals surface area contributed by atoms with Crippen molar-refractivity contribution in [3.05, 3.63) is 39.9 Å². The molecule has 0 atom stereocenters. The van der Waals surface area contributed by atoms with Gasteiger partial charge in [0, 0.05) is 42.1 Å². The number of pyridine rings is 1. The molecule has 3 aromatic heterocycles. The summed E-state index contributed by atoms with van der Waals surface area (Å²) in [4.78, 5) is 33.3. The quantitative estimate of drug-likeness (QED) is 0.534. The summed E-state index contributed by atoms with van der Waals surface area (Å²) < 4.78 is 0.527. The highest BCUT2D eigenvalue weighted by Gasteiger charge is 2.47. The molecule has 0 unspecified atom stereocenters. The van der Waals surface area contributed by atoms with Crippen molar-refractivity contribution in [2.75, 3.05) is 18.0 Å². The van der Waals surface area contributed by atoms with Gasteiger partial charge in [-0.3, -0.25) is 14.9 Å². The normalized spacial score (nSPS) is 18.6. The number of nitrogens with zero attached hydrogens (tertiary/aromatic N) is 7. The third-order valence-corrected chi connectivity index (χ3v) is 7.06. The second-order valence-corrected chi connectivity index (χ2v) is 10.4. The minimum atomic E-state index is -0.546. The third kappa shape index (κ3) is 3.60. The molecule has 10 heteroatoms. The van der Waals surface area contributed by atoms with Crippen molar-refractivity contribution in [3.8, 4) is 6.07 Å². The van der Waals surface area contributed by atoms with E-state index in [1.807, 2.05) is 32.9 Å². The Morgan fingerprint density at radius 1 is 1.30 bits per heavy atom. The first-order valence-corrected chi connectivity index (χ1v) is 11.7. The third-order valence-electron chi connectivity index (χ3n) is 6.48. The number of amides is 1. The van der Waals surface area contributed by atoms with Crippen LogP contribution in [0, 0.1) is 22.2 Å². The van der Waals surface area contributed by atoms with E-state index in [1.54, 1.807) is 6.20 Å². The number of nitrogens with one attached hydrogen (secondary N) is 1. The Hall–Kier alpha value is -3.19. The number of anilines is 1. The maximum absolute atomic E-state index is 12.9. The van der Waals surface area contributed by atoms with Crippen LogP contribution in [0.15, 0.2) is 27.9 Å². The Balaban J connectivity index is 1.47. The van der Waals surface area contributed by atoms with Crippen LogP contribution < -0.4 is 4.90 Å². The molecule has 3 aromatic rings. The number of hydrogen-bond acceptors (Lipinski definition) is 7. The minimum Gasteiger partial charge on any atom is -0.341 e. The topological polar surface area (TPSA) is 124 Å². The number of carbonyl (C=O) groups excluding carboxylic acids is 1. The van der Waals surface area contributed by atoms with E-state index in [-0.39, 0.29) is 17.0 Å². The molecule has 1 spiro atoms. The van der Waals surface area contributed by atoms with E-state index in [4.69, 9.17) is 0 Å². The second-order valence-electron chi connectivity index (χ2n) is 9.68. The zero-order chi connectivity index (χ0) is 23.4. The van der Waals surface area contributed by atoms with Gasteiger partial charge in [0.2, 0.25) is 5.95 Å². The number of aliphatic imine (C=N–C) groups is 1. The van der Waals surface area contributed by atoms with E-state index >= 15 is 0 Å². The molecule has 0 bridgehead atoms. The Bertz CT molecular complexity index is 1340. The van der Waals surface area contributed by atoms with Gasteiger partial charge < -0.3 is 4.90 Å². The van der Waals surface area contributed by atoms with Crippen molar-refractivity contribution in [3.63, 3.8) is 0 Å². The first kappa shape index (κ1) is 21.6. The van der Waals surface area contributed by atoms with Crippen LogP contribution >= 0.6 is 15.9 Å². The van der Waals surface area contributed by atoms with E-state index < -0.39 is 5.41 Å². The minimum absolute atomic E-state index is 0.117. The number of aromatic nitrogens is 5. The van der Waals surface area contributed by atoms with Gasteiger partial charge in [-0.1, -0.05) is 20.8 Å². The van der Waals surface area contributed by atoms with Gasteiger partial charge in [0.05, 0.1) is 16.8 Å². The largest absolute Gasteiger partial charge is 0.341 e. The molecule has 0 saturated carbocycles. The van der Waals surface area contributed by atoms with Crippen molar-refractivity contribution in [1.29, 1.82) is 5.26 Å². The van der Waals surface area contributed by atoms with Gasteiger partial charge in [-0.05, 0) is 40.9 Å². The Morgan fingerprint density at radius 3 is 2.76 bits per heavy atom. The van der Waals surface area contributed by atoms with Crippen LogP contribution in [0.4, 0.5) is 5.95 Å². The summed E-state index contributed by atoms with van der Waals surface area (Å²) in [5, 5.41) is 17.1. The molecule has 1 amide bonds. The summed E-state index contributed by atoms with van der Waals surface area (Å²) >= 11 is 3.34. The summed E-state index contributed by atoms with van der Waals surface area (Å²) in [5.74, 6) is 0.385. The number of aromatic amines is 1. The van der Waals surface area contributed by atoms with Gasteiger partial charge in [-0.25, -0.2) is 9.98 Å². The lowest BCUT2D eigenvalue weighted by molar-refractivity contribution is -0.124. The zero-order valence-electron chi connectivity index (χ0n) is 18.7. The lowest BCUT2D eigenvalue weighted by Crippen LogP contribution is -2.44. The van der Waals surface area contributed by atoms with Crippen molar-refractivity contribution < 1.29 is 4.79 Å². The molecular formula is C23H23BrN8O. The Kier molecular flexibility index (Phi) is 5.05. The molecular weight excluding hydrogens is 484 g/mol. The van der Waals surface area contributed by atoms with Crippen molar-refractivity contribution in [2.45, 2.75) is 40.0 Å². The molecule has 1 fully saturated rings. The monoisotopic (exact) mass is 506 g/mol. The van der Waals surface area contributed by atoms with Gasteiger partial charge in [0.1, 0.15) is 10.7 Å². The molecule has 168 valence electrons. The summed E-state index contributed by atoms with van der Waals surface area (Å²) in [6.07, 6.45) is 4.14. The van der Waals surface area contributed by atoms with Gasteiger partial charge in [0.15, 0.2) is 11.3 Å². The number of H-pyrrole nitrogens is 1. The van der Waals surface area contributed by atoms with Crippen molar-refractivity contribution in [2.24, 2.45) is 15.8 Å². The second kappa shape index (κ2) is 7.70. The van der Waals surface area contributed by atoms with Crippen LogP contribution in [0.5, 0.6) is 0 Å². The number of nitriles is 1. The highest BCUT2D eigenvalue weighted by molar-refractivity contribution is 9.10. The van der Waals surface area contributed by atoms with Crippen LogP contribution in [-0.2, 0) is 11.2 Å². The highest BCUT2D eigenvalue weighted by Crippen LogP contribution is 2.45. The Morgan fingerprint density at radius 2 is 2.06 bits per heavy atom. The molecule has 9 nitrogen and oxygen atoms in total. The predicted molar refractivity (Wildman–Crippen MR) is 127 cm³/mol. The van der Waals surface area contributed by atoms with Crippen LogP contribution in [0.1, 0.15) is 50.6 Å². The van der Waals surface area contributed by atoms with E-state index in [0.717, 1.165) is 36.2 Å². The Labute approximate surface area is 199 Å². The number of rotatable bonds is 1. The van der Waals surface area contributed by atoms with E-state index in [9.17, 15) is 10.1 Å². The lowest BCUT2D eigenvalue weighted by Gasteiger charge is -2.39. The molecule has 2 aliphatic rings. The van der Waals surface area contributed by atoms with E-state index in [0.29, 0.717) is 34.7 Å². The number of carbonyl (C=O) groups is 1. The molecule has 1 aliphatic carbocycles. The summed E-state index contributed by atoms with van der Waals surface area (Å²) in [5.41, 5.74) is 2.86. The number of hydrogen-bond donors (Lipinski definition) is 1. The number of fused-ring (bicyclic) bond motifs is 2. The average molecular weight is 507 g/mol. The number of piperidine rings is 1. The zero-order valence-corrected chi connectivity index (χ0v) is 20.3. The van der Waals surface area contributed by atoms with Crippen LogP contribution in [0.25, 0.3) is 11.0 Å². The maximum Gasteiger partial charge on any atom is 0.251 e. The van der Waals surface area contributed by atoms with Crippen LogP contribution in [0.2, 0.25) is 0 Å². The first-order chi connectivity index (χ1) is 15.7. The molecule has 33 heavy (non-hydrogen) atoms. The molecule has 4 heterocycles. The summed E-state index contributed by atoms with van der Waals surface area (Å²) in [7, 11) is 0. The fraction of sp³-hybridized carbons (Fsp3) is 0.435. The number of halogens is 1. The fourth-order valence-electron chi connectivity index (χ4n) is 4.59. The molecule has 1 N–H and O–H groups in total. The molecule has 0 radical (unpaired) electrons. The lowest BCUT2D eigenvalue weighted by atomic mass is 9.74. The smallest absolute Gasteiger partial charge is 0.251 e. The van der Waals surface area contributed by atoms with E-state index in [2.05, 4.69) is 57.0 Å². The van der Waals surface area contributed by atoms with Gasteiger partial charge >= 0.3 is 0 Å². The molecule has 1 aliphatic heterocycles. The van der Waals surface area contributed by atoms with E-state index in [1.165, 1.54) is 0 Å². The molecule has 1 saturated heterocycles. The van der Waals surface area contributed by atoms with Gasteiger partial charge in [-0.15, -0.1) is 0 Å². The highest BCUT2D eigenvalue weighted by atomic mass is 79.9. The van der Waals surface area contributed by atoms with Crippen LogP contribution in [0.3, 0.4) is 0 Å². The molecule has 5 rings (SSSR count). The molecule has 0 aromatic carbocycles. The first-order valence-electron chi connectivity index (χ1n) is 10.9. The summed E-state index contributed by atoms with van der Waals surface area (Å²) in [6, 6.07) is 6.07. The van der Waals surface area contributed by atoms with Gasteiger partial charge in [-0.2, -0.15) is 15.3 Å². The average Bonchev–Trinajstić information content (AvgIpc) is 3.31. The maximum atomic E-state index is 12.9. The fourth-order valence-corrected chi connectivity index (χ4v) is 5.05. The summed E-state index contributed by atoms with van der Waals surface area (Å²) in [6.45, 7) is 7.04.